The molecule has 138 valence electrons. The minimum absolute atomic E-state index is 0.209. The molecule has 2 N–H and O–H groups in total. The first-order valence-corrected chi connectivity index (χ1v) is 9.41. The minimum atomic E-state index is 0.209. The predicted molar refractivity (Wildman–Crippen MR) is 116 cm³/mol. The van der Waals surface area contributed by atoms with Crippen LogP contribution in [0.1, 0.15) is 20.3 Å². The number of benzene rings is 2. The first-order chi connectivity index (χ1) is 13.1. The molecule has 0 aliphatic carbocycles. The van der Waals surface area contributed by atoms with Gasteiger partial charge in [0.05, 0.1) is 11.8 Å². The van der Waals surface area contributed by atoms with Gasteiger partial charge < -0.3 is 15.4 Å². The molecule has 1 aromatic heterocycles. The molecular formula is C22H23N3OS. The molecule has 0 aliphatic rings. The van der Waals surface area contributed by atoms with Gasteiger partial charge in [-0.1, -0.05) is 25.1 Å². The number of thiocarbonyl (C=S) groups is 1. The van der Waals surface area contributed by atoms with E-state index in [9.17, 15) is 0 Å². The molecule has 0 spiro atoms. The number of hydrogen-bond donors (Lipinski definition) is 2. The SMILES string of the molecule is CCC(C)Oc1ccc(NC(=S)Nc2ccc(-c3ccccn3)cc2)cc1. The van der Waals surface area contributed by atoms with Gasteiger partial charge in [0.2, 0.25) is 0 Å². The van der Waals surface area contributed by atoms with E-state index in [1.54, 1.807) is 6.20 Å². The molecule has 1 unspecified atom stereocenters. The van der Waals surface area contributed by atoms with Gasteiger partial charge in [-0.3, -0.25) is 4.98 Å². The predicted octanol–water partition coefficient (Wildman–Crippen LogP) is 5.73. The van der Waals surface area contributed by atoms with Gasteiger partial charge in [0, 0.05) is 23.1 Å². The van der Waals surface area contributed by atoms with Crippen LogP contribution >= 0.6 is 12.2 Å². The maximum absolute atomic E-state index is 5.79. The third-order valence-corrected chi connectivity index (χ3v) is 4.33. The highest BCUT2D eigenvalue weighted by Crippen LogP contribution is 2.20. The second-order valence-electron chi connectivity index (χ2n) is 6.23. The van der Waals surface area contributed by atoms with Crippen LogP contribution in [0, 0.1) is 0 Å². The van der Waals surface area contributed by atoms with Crippen LogP contribution in [0.15, 0.2) is 72.9 Å². The maximum Gasteiger partial charge on any atom is 0.175 e. The first kappa shape index (κ1) is 18.9. The second kappa shape index (κ2) is 9.14. The van der Waals surface area contributed by atoms with Gasteiger partial charge in [-0.25, -0.2) is 0 Å². The van der Waals surface area contributed by atoms with Gasteiger partial charge in [0.1, 0.15) is 5.75 Å². The molecule has 0 aliphatic heterocycles. The van der Waals surface area contributed by atoms with E-state index in [2.05, 4.69) is 29.5 Å². The van der Waals surface area contributed by atoms with Crippen molar-refractivity contribution < 1.29 is 4.74 Å². The molecule has 0 saturated heterocycles. The topological polar surface area (TPSA) is 46.2 Å². The summed E-state index contributed by atoms with van der Waals surface area (Å²) in [5.74, 6) is 0.860. The Morgan fingerprint density at radius 2 is 1.59 bits per heavy atom. The fourth-order valence-electron chi connectivity index (χ4n) is 2.48. The monoisotopic (exact) mass is 377 g/mol. The largest absolute Gasteiger partial charge is 0.491 e. The molecular weight excluding hydrogens is 354 g/mol. The van der Waals surface area contributed by atoms with Crippen LogP contribution in [-0.2, 0) is 0 Å². The van der Waals surface area contributed by atoms with E-state index in [1.807, 2.05) is 66.7 Å². The lowest BCUT2D eigenvalue weighted by Crippen LogP contribution is -2.19. The van der Waals surface area contributed by atoms with Crippen molar-refractivity contribution in [2.24, 2.45) is 0 Å². The highest BCUT2D eigenvalue weighted by molar-refractivity contribution is 7.80. The van der Waals surface area contributed by atoms with Crippen LogP contribution in [0.3, 0.4) is 0 Å². The Balaban J connectivity index is 1.56. The molecule has 1 heterocycles. The summed E-state index contributed by atoms with van der Waals surface area (Å²) in [6.07, 6.45) is 2.98. The summed E-state index contributed by atoms with van der Waals surface area (Å²) >= 11 is 5.40. The van der Waals surface area contributed by atoms with Crippen molar-refractivity contribution >= 4 is 28.7 Å². The number of rotatable bonds is 6. The Hall–Kier alpha value is -2.92. The molecule has 0 saturated carbocycles. The number of nitrogens with zero attached hydrogens (tertiary/aromatic N) is 1. The lowest BCUT2D eigenvalue weighted by Gasteiger charge is -2.14. The number of aromatic nitrogens is 1. The van der Waals surface area contributed by atoms with Crippen LogP contribution in [-0.4, -0.2) is 16.2 Å². The number of hydrogen-bond acceptors (Lipinski definition) is 3. The van der Waals surface area contributed by atoms with Crippen molar-refractivity contribution in [1.82, 2.24) is 4.98 Å². The lowest BCUT2D eigenvalue weighted by atomic mass is 10.1. The summed E-state index contributed by atoms with van der Waals surface area (Å²) in [4.78, 5) is 4.36. The first-order valence-electron chi connectivity index (χ1n) is 9.00. The van der Waals surface area contributed by atoms with Crippen LogP contribution in [0.2, 0.25) is 0 Å². The molecule has 3 aromatic rings. The molecule has 0 amide bonds. The summed E-state index contributed by atoms with van der Waals surface area (Å²) in [7, 11) is 0. The zero-order chi connectivity index (χ0) is 19.1. The van der Waals surface area contributed by atoms with Gasteiger partial charge in [0.15, 0.2) is 5.11 Å². The van der Waals surface area contributed by atoms with Crippen LogP contribution in [0.25, 0.3) is 11.3 Å². The molecule has 0 radical (unpaired) electrons. The van der Waals surface area contributed by atoms with Crippen molar-refractivity contribution in [2.45, 2.75) is 26.4 Å². The Morgan fingerprint density at radius 3 is 2.15 bits per heavy atom. The third kappa shape index (κ3) is 5.53. The van der Waals surface area contributed by atoms with Crippen LogP contribution in [0.5, 0.6) is 5.75 Å². The fourth-order valence-corrected chi connectivity index (χ4v) is 2.72. The standard InChI is InChI=1S/C22H23N3OS/c1-3-16(2)26-20-13-11-19(12-14-20)25-22(27)24-18-9-7-17(8-10-18)21-6-4-5-15-23-21/h4-16H,3H2,1-2H3,(H2,24,25,27). The third-order valence-electron chi connectivity index (χ3n) is 4.13. The summed E-state index contributed by atoms with van der Waals surface area (Å²) in [6, 6.07) is 21.7. The quantitative estimate of drug-likeness (QED) is 0.537. The van der Waals surface area contributed by atoms with Crippen molar-refractivity contribution in [2.75, 3.05) is 10.6 Å². The average molecular weight is 378 g/mol. The second-order valence-corrected chi connectivity index (χ2v) is 6.64. The molecule has 5 heteroatoms. The van der Waals surface area contributed by atoms with E-state index in [4.69, 9.17) is 17.0 Å². The van der Waals surface area contributed by atoms with Gasteiger partial charge in [-0.15, -0.1) is 0 Å². The average Bonchev–Trinajstić information content (AvgIpc) is 2.70. The van der Waals surface area contributed by atoms with Gasteiger partial charge in [0.25, 0.3) is 0 Å². The number of nitrogens with one attached hydrogen (secondary N) is 2. The summed E-state index contributed by atoms with van der Waals surface area (Å²) in [5.41, 5.74) is 3.85. The van der Waals surface area contributed by atoms with Crippen molar-refractivity contribution in [3.05, 3.63) is 72.9 Å². The van der Waals surface area contributed by atoms with Gasteiger partial charge >= 0.3 is 0 Å². The van der Waals surface area contributed by atoms with Gasteiger partial charge in [-0.05, 0) is 74.1 Å². The Bertz CT molecular complexity index is 864. The highest BCUT2D eigenvalue weighted by atomic mass is 32.1. The van der Waals surface area contributed by atoms with E-state index in [0.717, 1.165) is 34.8 Å². The molecule has 4 nitrogen and oxygen atoms in total. The van der Waals surface area contributed by atoms with Crippen LogP contribution < -0.4 is 15.4 Å². The van der Waals surface area contributed by atoms with E-state index in [0.29, 0.717) is 5.11 Å². The van der Waals surface area contributed by atoms with Crippen LogP contribution in [0.4, 0.5) is 11.4 Å². The van der Waals surface area contributed by atoms with E-state index >= 15 is 0 Å². The zero-order valence-electron chi connectivity index (χ0n) is 15.5. The smallest absolute Gasteiger partial charge is 0.175 e. The number of ether oxygens (including phenoxy) is 1. The molecule has 3 rings (SSSR count). The molecule has 2 aromatic carbocycles. The van der Waals surface area contributed by atoms with E-state index < -0.39 is 0 Å². The van der Waals surface area contributed by atoms with Crippen molar-refractivity contribution in [3.63, 3.8) is 0 Å². The minimum Gasteiger partial charge on any atom is -0.491 e. The Labute approximate surface area is 165 Å². The van der Waals surface area contributed by atoms with Gasteiger partial charge in [-0.2, -0.15) is 0 Å². The summed E-state index contributed by atoms with van der Waals surface area (Å²) < 4.78 is 5.79. The normalized spacial score (nSPS) is 11.5. The molecule has 0 bridgehead atoms. The highest BCUT2D eigenvalue weighted by Gasteiger charge is 2.03. The Morgan fingerprint density at radius 1 is 0.963 bits per heavy atom. The molecule has 0 fully saturated rings. The lowest BCUT2D eigenvalue weighted by molar-refractivity contribution is 0.217. The molecule has 27 heavy (non-hydrogen) atoms. The fraction of sp³-hybridized carbons (Fsp3) is 0.182. The molecule has 1 atom stereocenters. The Kier molecular flexibility index (Phi) is 6.39. The summed E-state index contributed by atoms with van der Waals surface area (Å²) in [5, 5.41) is 6.92. The number of anilines is 2. The van der Waals surface area contributed by atoms with Crippen molar-refractivity contribution in [1.29, 1.82) is 0 Å². The summed E-state index contributed by atoms with van der Waals surface area (Å²) in [6.45, 7) is 4.16. The number of pyridine rings is 1. The van der Waals surface area contributed by atoms with E-state index in [1.165, 1.54) is 0 Å². The van der Waals surface area contributed by atoms with Crippen molar-refractivity contribution in [3.8, 4) is 17.0 Å². The maximum atomic E-state index is 5.79. The zero-order valence-corrected chi connectivity index (χ0v) is 16.3. The van der Waals surface area contributed by atoms with E-state index in [-0.39, 0.29) is 6.10 Å².